The summed E-state index contributed by atoms with van der Waals surface area (Å²) in [5.41, 5.74) is 4.21. The van der Waals surface area contributed by atoms with Crippen LogP contribution >= 0.6 is 23.2 Å². The maximum atomic E-state index is 6.09. The molecular formula is C11H9Cl2N3. The molecule has 3 nitrogen and oxygen atoms in total. The van der Waals surface area contributed by atoms with Crippen LogP contribution in [0, 0.1) is 6.92 Å². The van der Waals surface area contributed by atoms with Gasteiger partial charge in [-0.15, -0.1) is 0 Å². The van der Waals surface area contributed by atoms with E-state index in [2.05, 4.69) is 21.9 Å². The van der Waals surface area contributed by atoms with E-state index in [1.807, 2.05) is 0 Å². The van der Waals surface area contributed by atoms with Gasteiger partial charge in [-0.1, -0.05) is 11.6 Å². The molecule has 3 rings (SSSR count). The average molecular weight is 254 g/mol. The molecule has 0 N–H and O–H groups in total. The number of halogens is 2. The lowest BCUT2D eigenvalue weighted by atomic mass is 10.1. The van der Waals surface area contributed by atoms with Gasteiger partial charge in [0, 0.05) is 5.69 Å². The van der Waals surface area contributed by atoms with Crippen molar-refractivity contribution < 1.29 is 0 Å². The van der Waals surface area contributed by atoms with E-state index in [0.717, 1.165) is 35.9 Å². The molecule has 0 aromatic carbocycles. The van der Waals surface area contributed by atoms with Crippen LogP contribution in [0.2, 0.25) is 10.4 Å². The van der Waals surface area contributed by atoms with Crippen molar-refractivity contribution in [3.8, 4) is 0 Å². The third-order valence-corrected chi connectivity index (χ3v) is 3.52. The van der Waals surface area contributed by atoms with Crippen LogP contribution in [-0.2, 0) is 12.8 Å². The summed E-state index contributed by atoms with van der Waals surface area (Å²) in [6.45, 7) is 2.05. The highest BCUT2D eigenvalue weighted by Gasteiger charge is 2.19. The van der Waals surface area contributed by atoms with Crippen molar-refractivity contribution in [1.29, 1.82) is 0 Å². The molecule has 0 radical (unpaired) electrons. The summed E-state index contributed by atoms with van der Waals surface area (Å²) >= 11 is 11.9. The Bertz CT molecular complexity index is 596. The van der Waals surface area contributed by atoms with Gasteiger partial charge in [-0.05, 0) is 48.9 Å². The van der Waals surface area contributed by atoms with E-state index in [1.165, 1.54) is 5.56 Å². The number of rotatable bonds is 0. The Morgan fingerprint density at radius 1 is 1.06 bits per heavy atom. The monoisotopic (exact) mass is 253 g/mol. The van der Waals surface area contributed by atoms with Gasteiger partial charge in [0.2, 0.25) is 5.28 Å². The average Bonchev–Trinajstić information content (AvgIpc) is 2.64. The van der Waals surface area contributed by atoms with Gasteiger partial charge in [0.05, 0.1) is 5.39 Å². The second-order valence-corrected chi connectivity index (χ2v) is 4.69. The van der Waals surface area contributed by atoms with Crippen molar-refractivity contribution in [3.63, 3.8) is 0 Å². The van der Waals surface area contributed by atoms with Crippen LogP contribution in [0.15, 0.2) is 0 Å². The standard InChI is InChI=1S/C11H9Cl2N3/c1-5-6-3-2-4-7(6)14-10-8(5)9(12)15-11(13)16-10/h2-4H2,1H3. The Balaban J connectivity index is 2.46. The largest absolute Gasteiger partial charge is 0.233 e. The number of aromatic nitrogens is 3. The molecule has 1 aliphatic rings. The molecule has 82 valence electrons. The molecule has 2 heterocycles. The van der Waals surface area contributed by atoms with Gasteiger partial charge >= 0.3 is 0 Å². The molecule has 0 saturated heterocycles. The minimum absolute atomic E-state index is 0.155. The lowest BCUT2D eigenvalue weighted by Gasteiger charge is -2.08. The van der Waals surface area contributed by atoms with Crippen LogP contribution < -0.4 is 0 Å². The molecular weight excluding hydrogens is 245 g/mol. The molecule has 2 aromatic rings. The zero-order valence-electron chi connectivity index (χ0n) is 8.72. The Morgan fingerprint density at radius 2 is 1.88 bits per heavy atom. The second kappa shape index (κ2) is 3.54. The van der Waals surface area contributed by atoms with Gasteiger partial charge in [-0.25, -0.2) is 9.97 Å². The van der Waals surface area contributed by atoms with Gasteiger partial charge in [-0.3, -0.25) is 0 Å². The number of hydrogen-bond acceptors (Lipinski definition) is 3. The summed E-state index contributed by atoms with van der Waals surface area (Å²) in [6, 6.07) is 0. The van der Waals surface area contributed by atoms with E-state index in [-0.39, 0.29) is 5.28 Å². The van der Waals surface area contributed by atoms with E-state index in [4.69, 9.17) is 23.2 Å². The molecule has 0 unspecified atom stereocenters. The summed E-state index contributed by atoms with van der Waals surface area (Å²) in [4.78, 5) is 12.6. The molecule has 1 aliphatic carbocycles. The van der Waals surface area contributed by atoms with Crippen LogP contribution in [0.4, 0.5) is 0 Å². The fourth-order valence-corrected chi connectivity index (χ4v) is 2.85. The molecule has 0 aliphatic heterocycles. The summed E-state index contributed by atoms with van der Waals surface area (Å²) < 4.78 is 0. The number of nitrogens with zero attached hydrogens (tertiary/aromatic N) is 3. The predicted octanol–water partition coefficient (Wildman–Crippen LogP) is 3.13. The van der Waals surface area contributed by atoms with Crippen molar-refractivity contribution in [1.82, 2.24) is 15.0 Å². The molecule has 5 heteroatoms. The van der Waals surface area contributed by atoms with E-state index in [0.29, 0.717) is 10.8 Å². The van der Waals surface area contributed by atoms with E-state index in [1.54, 1.807) is 0 Å². The van der Waals surface area contributed by atoms with Gasteiger partial charge in [0.15, 0.2) is 5.65 Å². The summed E-state index contributed by atoms with van der Waals surface area (Å²) in [5, 5.41) is 1.39. The number of hydrogen-bond donors (Lipinski definition) is 0. The number of pyridine rings is 1. The Hall–Kier alpha value is -0.930. The highest BCUT2D eigenvalue weighted by atomic mass is 35.5. The topological polar surface area (TPSA) is 38.7 Å². The van der Waals surface area contributed by atoms with Crippen LogP contribution in [0.5, 0.6) is 0 Å². The van der Waals surface area contributed by atoms with Gasteiger partial charge in [0.1, 0.15) is 5.15 Å². The minimum Gasteiger partial charge on any atom is -0.233 e. The first-order valence-electron chi connectivity index (χ1n) is 5.18. The fourth-order valence-electron chi connectivity index (χ4n) is 2.33. The highest BCUT2D eigenvalue weighted by molar-refractivity contribution is 6.35. The second-order valence-electron chi connectivity index (χ2n) is 4.00. The smallest absolute Gasteiger partial charge is 0.225 e. The molecule has 0 atom stereocenters. The Labute approximate surface area is 103 Å². The predicted molar refractivity (Wildman–Crippen MR) is 64.1 cm³/mol. The number of fused-ring (bicyclic) bond motifs is 2. The van der Waals surface area contributed by atoms with Crippen molar-refractivity contribution in [3.05, 3.63) is 27.3 Å². The molecule has 0 fully saturated rings. The molecule has 0 amide bonds. The van der Waals surface area contributed by atoms with E-state index < -0.39 is 0 Å². The maximum Gasteiger partial charge on any atom is 0.225 e. The summed E-state index contributed by atoms with van der Waals surface area (Å²) in [5.74, 6) is 0. The van der Waals surface area contributed by atoms with Crippen LogP contribution in [0.3, 0.4) is 0 Å². The zero-order valence-corrected chi connectivity index (χ0v) is 10.2. The Morgan fingerprint density at radius 3 is 2.69 bits per heavy atom. The first kappa shape index (κ1) is 10.2. The van der Waals surface area contributed by atoms with Gasteiger partial charge in [-0.2, -0.15) is 4.98 Å². The van der Waals surface area contributed by atoms with Crippen LogP contribution in [0.25, 0.3) is 11.0 Å². The normalized spacial score (nSPS) is 14.4. The molecule has 16 heavy (non-hydrogen) atoms. The molecule has 2 aromatic heterocycles. The van der Waals surface area contributed by atoms with Crippen molar-refractivity contribution in [2.45, 2.75) is 26.2 Å². The lowest BCUT2D eigenvalue weighted by molar-refractivity contribution is 0.899. The third-order valence-electron chi connectivity index (χ3n) is 3.08. The van der Waals surface area contributed by atoms with E-state index in [9.17, 15) is 0 Å². The number of aryl methyl sites for hydroxylation is 2. The summed E-state index contributed by atoms with van der Waals surface area (Å²) in [6.07, 6.45) is 3.24. The maximum absolute atomic E-state index is 6.09. The quantitative estimate of drug-likeness (QED) is 0.535. The van der Waals surface area contributed by atoms with Crippen LogP contribution in [0.1, 0.15) is 23.2 Å². The van der Waals surface area contributed by atoms with Gasteiger partial charge < -0.3 is 0 Å². The van der Waals surface area contributed by atoms with Crippen LogP contribution in [-0.4, -0.2) is 15.0 Å². The SMILES string of the molecule is Cc1c2c(nc3nc(Cl)nc(Cl)c13)CCC2. The molecule has 0 bridgehead atoms. The zero-order chi connectivity index (χ0) is 11.3. The Kier molecular flexibility index (Phi) is 2.26. The third kappa shape index (κ3) is 1.39. The van der Waals surface area contributed by atoms with E-state index >= 15 is 0 Å². The first-order chi connectivity index (χ1) is 7.66. The van der Waals surface area contributed by atoms with Crippen molar-refractivity contribution in [2.24, 2.45) is 0 Å². The highest BCUT2D eigenvalue weighted by Crippen LogP contribution is 2.31. The molecule has 0 saturated carbocycles. The summed E-state index contributed by atoms with van der Waals surface area (Å²) in [7, 11) is 0. The van der Waals surface area contributed by atoms with Crippen molar-refractivity contribution >= 4 is 34.2 Å². The fraction of sp³-hybridized carbons (Fsp3) is 0.364. The molecule has 0 spiro atoms. The lowest BCUT2D eigenvalue weighted by Crippen LogP contribution is -1.98. The minimum atomic E-state index is 0.155. The van der Waals surface area contributed by atoms with Crippen molar-refractivity contribution in [2.75, 3.05) is 0 Å². The van der Waals surface area contributed by atoms with Gasteiger partial charge in [0.25, 0.3) is 0 Å². The first-order valence-corrected chi connectivity index (χ1v) is 5.93.